The molecule has 0 unspecified atom stereocenters. The van der Waals surface area contributed by atoms with Crippen LogP contribution >= 0.6 is 10.7 Å². The van der Waals surface area contributed by atoms with Crippen molar-refractivity contribution in [2.45, 2.75) is 55.2 Å². The minimum atomic E-state index is -3.99. The fraction of sp³-hybridized carbons (Fsp3) is 0.571. The smallest absolute Gasteiger partial charge is 0.224 e. The molecule has 0 bridgehead atoms. The molecule has 1 aromatic carbocycles. The molecule has 1 aliphatic heterocycles. The van der Waals surface area contributed by atoms with E-state index in [0.717, 1.165) is 0 Å². The van der Waals surface area contributed by atoms with Gasteiger partial charge in [0.1, 0.15) is 0 Å². The fourth-order valence-corrected chi connectivity index (χ4v) is 5.94. The molecule has 0 fully saturated rings. The Balaban J connectivity index is 2.93. The molecule has 0 N–H and O–H groups in total. The molecule has 21 heavy (non-hydrogen) atoms. The first-order valence-corrected chi connectivity index (χ1v) is 10.7. The standard InChI is InChI=1S/C14H19ClO4S2/c1-9(2)10-7-11-13(8-12(10)21(15,18)19)20(16,17)6-5-14(11,3)4/h7-9H,5-6H2,1-4H3. The average molecular weight is 351 g/mol. The summed E-state index contributed by atoms with van der Waals surface area (Å²) in [5.41, 5.74) is 0.939. The van der Waals surface area contributed by atoms with E-state index in [1.165, 1.54) is 6.07 Å². The summed E-state index contributed by atoms with van der Waals surface area (Å²) in [5, 5.41) is 0. The SMILES string of the molecule is CC(C)c1cc2c(cc1S(=O)(=O)Cl)S(=O)(=O)CCC2(C)C. The number of halogens is 1. The molecular weight excluding hydrogens is 332 g/mol. The molecule has 4 nitrogen and oxygen atoms in total. The third-order valence-corrected chi connectivity index (χ3v) is 7.18. The molecule has 0 atom stereocenters. The number of benzene rings is 1. The Bertz CT molecular complexity index is 791. The van der Waals surface area contributed by atoms with Crippen molar-refractivity contribution in [2.75, 3.05) is 5.75 Å². The Labute approximate surface area is 130 Å². The predicted molar refractivity (Wildman–Crippen MR) is 83.3 cm³/mol. The van der Waals surface area contributed by atoms with Gasteiger partial charge >= 0.3 is 0 Å². The normalized spacial score (nSPS) is 20.3. The molecule has 1 aromatic rings. The Morgan fingerprint density at radius 1 is 1.24 bits per heavy atom. The molecule has 1 heterocycles. The monoisotopic (exact) mass is 350 g/mol. The van der Waals surface area contributed by atoms with E-state index in [-0.39, 0.29) is 26.9 Å². The Kier molecular flexibility index (Phi) is 3.96. The van der Waals surface area contributed by atoms with Crippen LogP contribution in [0.3, 0.4) is 0 Å². The number of hydrogen-bond acceptors (Lipinski definition) is 4. The molecule has 0 saturated carbocycles. The van der Waals surface area contributed by atoms with Gasteiger partial charge in [0.2, 0.25) is 0 Å². The quantitative estimate of drug-likeness (QED) is 0.768. The lowest BCUT2D eigenvalue weighted by Gasteiger charge is -2.33. The van der Waals surface area contributed by atoms with Crippen LogP contribution in [-0.2, 0) is 24.3 Å². The molecule has 7 heteroatoms. The van der Waals surface area contributed by atoms with Crippen molar-refractivity contribution < 1.29 is 16.8 Å². The Morgan fingerprint density at radius 2 is 1.81 bits per heavy atom. The van der Waals surface area contributed by atoms with Gasteiger partial charge in [-0.05, 0) is 34.9 Å². The maximum atomic E-state index is 12.3. The molecule has 0 amide bonds. The van der Waals surface area contributed by atoms with Crippen LogP contribution in [0.15, 0.2) is 21.9 Å². The summed E-state index contributed by atoms with van der Waals surface area (Å²) in [4.78, 5) is 0.00145. The minimum absolute atomic E-state index is 0.0236. The third-order valence-electron chi connectivity index (χ3n) is 4.06. The van der Waals surface area contributed by atoms with E-state index >= 15 is 0 Å². The largest absolute Gasteiger partial charge is 0.261 e. The summed E-state index contributed by atoms with van der Waals surface area (Å²) in [6.45, 7) is 7.66. The van der Waals surface area contributed by atoms with Crippen LogP contribution in [0, 0.1) is 0 Å². The van der Waals surface area contributed by atoms with Gasteiger partial charge in [-0.1, -0.05) is 33.8 Å². The maximum Gasteiger partial charge on any atom is 0.261 e. The summed E-state index contributed by atoms with van der Waals surface area (Å²) < 4.78 is 48.1. The molecule has 118 valence electrons. The van der Waals surface area contributed by atoms with E-state index in [1.807, 2.05) is 27.7 Å². The summed E-state index contributed by atoms with van der Waals surface area (Å²) in [5.74, 6) is -0.0465. The lowest BCUT2D eigenvalue weighted by molar-refractivity contribution is 0.470. The minimum Gasteiger partial charge on any atom is -0.224 e. The second kappa shape index (κ2) is 4.96. The second-order valence-electron chi connectivity index (χ2n) is 6.43. The van der Waals surface area contributed by atoms with Crippen LogP contribution in [0.25, 0.3) is 0 Å². The lowest BCUT2D eigenvalue weighted by atomic mass is 9.80. The van der Waals surface area contributed by atoms with E-state index < -0.39 is 18.9 Å². The molecular formula is C14H19ClO4S2. The van der Waals surface area contributed by atoms with Crippen LogP contribution < -0.4 is 0 Å². The zero-order valence-corrected chi connectivity index (χ0v) is 14.9. The van der Waals surface area contributed by atoms with Gasteiger partial charge in [0.05, 0.1) is 15.5 Å². The van der Waals surface area contributed by atoms with Crippen LogP contribution in [0.1, 0.15) is 51.2 Å². The van der Waals surface area contributed by atoms with Gasteiger partial charge in [-0.3, -0.25) is 0 Å². The fourth-order valence-electron chi connectivity index (χ4n) is 2.66. The van der Waals surface area contributed by atoms with Gasteiger partial charge in [0, 0.05) is 10.7 Å². The van der Waals surface area contributed by atoms with Gasteiger partial charge in [-0.25, -0.2) is 16.8 Å². The Morgan fingerprint density at radius 3 is 2.29 bits per heavy atom. The van der Waals surface area contributed by atoms with Crippen LogP contribution in [0.4, 0.5) is 0 Å². The van der Waals surface area contributed by atoms with Crippen molar-refractivity contribution in [1.29, 1.82) is 0 Å². The van der Waals surface area contributed by atoms with Gasteiger partial charge in [-0.2, -0.15) is 0 Å². The van der Waals surface area contributed by atoms with Gasteiger partial charge in [0.25, 0.3) is 9.05 Å². The van der Waals surface area contributed by atoms with Crippen molar-refractivity contribution in [2.24, 2.45) is 0 Å². The number of hydrogen-bond donors (Lipinski definition) is 0. The average Bonchev–Trinajstić information content (AvgIpc) is 2.32. The molecule has 0 aromatic heterocycles. The lowest BCUT2D eigenvalue weighted by Crippen LogP contribution is -2.31. The van der Waals surface area contributed by atoms with Crippen LogP contribution in [0.5, 0.6) is 0 Å². The topological polar surface area (TPSA) is 68.3 Å². The van der Waals surface area contributed by atoms with Crippen molar-refractivity contribution in [1.82, 2.24) is 0 Å². The highest BCUT2D eigenvalue weighted by atomic mass is 35.7. The highest BCUT2D eigenvalue weighted by molar-refractivity contribution is 8.13. The van der Waals surface area contributed by atoms with Crippen LogP contribution in [0.2, 0.25) is 0 Å². The van der Waals surface area contributed by atoms with E-state index in [1.54, 1.807) is 6.07 Å². The summed E-state index contributed by atoms with van der Waals surface area (Å²) >= 11 is 0. The van der Waals surface area contributed by atoms with E-state index in [0.29, 0.717) is 17.5 Å². The molecule has 0 spiro atoms. The van der Waals surface area contributed by atoms with Crippen molar-refractivity contribution in [3.05, 3.63) is 23.3 Å². The van der Waals surface area contributed by atoms with E-state index in [9.17, 15) is 16.8 Å². The Hall–Kier alpha value is -0.590. The van der Waals surface area contributed by atoms with E-state index in [2.05, 4.69) is 0 Å². The van der Waals surface area contributed by atoms with E-state index in [4.69, 9.17) is 10.7 Å². The zero-order valence-electron chi connectivity index (χ0n) is 12.5. The first-order valence-electron chi connectivity index (χ1n) is 6.72. The molecule has 0 radical (unpaired) electrons. The van der Waals surface area contributed by atoms with Gasteiger partial charge < -0.3 is 0 Å². The number of fused-ring (bicyclic) bond motifs is 1. The molecule has 1 aliphatic rings. The summed E-state index contributed by atoms with van der Waals surface area (Å²) in [6, 6.07) is 2.94. The molecule has 0 aliphatic carbocycles. The van der Waals surface area contributed by atoms with Gasteiger partial charge in [-0.15, -0.1) is 0 Å². The zero-order chi connectivity index (χ0) is 16.2. The first kappa shape index (κ1) is 16.8. The van der Waals surface area contributed by atoms with Crippen molar-refractivity contribution in [3.8, 4) is 0 Å². The molecule has 0 saturated heterocycles. The molecule has 2 rings (SSSR count). The van der Waals surface area contributed by atoms with Crippen molar-refractivity contribution >= 4 is 29.6 Å². The van der Waals surface area contributed by atoms with Gasteiger partial charge in [0.15, 0.2) is 9.84 Å². The second-order valence-corrected chi connectivity index (χ2v) is 11.0. The first-order chi connectivity index (χ1) is 9.36. The number of rotatable bonds is 2. The highest BCUT2D eigenvalue weighted by Gasteiger charge is 2.37. The summed E-state index contributed by atoms with van der Waals surface area (Å²) in [7, 11) is -1.96. The van der Waals surface area contributed by atoms with Crippen molar-refractivity contribution in [3.63, 3.8) is 0 Å². The highest BCUT2D eigenvalue weighted by Crippen LogP contribution is 2.42. The van der Waals surface area contributed by atoms with Crippen LogP contribution in [-0.4, -0.2) is 22.6 Å². The third kappa shape index (κ3) is 2.98. The summed E-state index contributed by atoms with van der Waals surface area (Å²) in [6.07, 6.45) is 0.521. The number of sulfone groups is 1. The predicted octanol–water partition coefficient (Wildman–Crippen LogP) is 3.19. The maximum absolute atomic E-state index is 12.3.